The van der Waals surface area contributed by atoms with Gasteiger partial charge in [-0.15, -0.1) is 0 Å². The lowest BCUT2D eigenvalue weighted by Crippen LogP contribution is -2.30. The van der Waals surface area contributed by atoms with Crippen LogP contribution < -0.4 is 10.6 Å². The van der Waals surface area contributed by atoms with Crippen LogP contribution in [0.5, 0.6) is 0 Å². The Hall–Kier alpha value is -2.06. The molecule has 2 rings (SSSR count). The lowest BCUT2D eigenvalue weighted by Gasteiger charge is -2.28. The summed E-state index contributed by atoms with van der Waals surface area (Å²) in [5.41, 5.74) is 1.98. The van der Waals surface area contributed by atoms with Crippen molar-refractivity contribution >= 4 is 17.3 Å². The number of carbonyl (C=O) groups excluding carboxylic acids is 1. The molecule has 5 nitrogen and oxygen atoms in total. The Labute approximate surface area is 144 Å². The van der Waals surface area contributed by atoms with Crippen molar-refractivity contribution in [1.82, 2.24) is 0 Å². The van der Waals surface area contributed by atoms with Crippen LogP contribution >= 0.6 is 0 Å². The van der Waals surface area contributed by atoms with Crippen molar-refractivity contribution in [2.75, 3.05) is 23.8 Å². The number of nitrogens with zero attached hydrogens (tertiary/aromatic N) is 1. The van der Waals surface area contributed by atoms with Crippen LogP contribution in [0.1, 0.15) is 51.5 Å². The van der Waals surface area contributed by atoms with Crippen LogP contribution in [0.25, 0.3) is 0 Å². The standard InChI is InChI=1S/C19H27N3O2/c1-3-10-21-16-9-8-15(12-20)11-17(16)22-19(23)13-24-18-7-5-4-6-14(18)2/h8-9,11,14,18,21H,3-7,10,13H2,1-2H3,(H,22,23)/t14-,18+/m0/s1. The monoisotopic (exact) mass is 329 g/mol. The number of rotatable bonds is 7. The lowest BCUT2D eigenvalue weighted by molar-refractivity contribution is -0.124. The molecule has 1 saturated carbocycles. The molecule has 1 fully saturated rings. The van der Waals surface area contributed by atoms with Gasteiger partial charge in [-0.25, -0.2) is 0 Å². The van der Waals surface area contributed by atoms with Gasteiger partial charge in [0.15, 0.2) is 0 Å². The molecule has 0 aromatic heterocycles. The van der Waals surface area contributed by atoms with E-state index in [1.54, 1.807) is 12.1 Å². The van der Waals surface area contributed by atoms with E-state index in [-0.39, 0.29) is 18.6 Å². The Bertz CT molecular complexity index is 595. The molecule has 0 saturated heterocycles. The van der Waals surface area contributed by atoms with E-state index in [0.717, 1.165) is 25.1 Å². The molecule has 0 radical (unpaired) electrons. The summed E-state index contributed by atoms with van der Waals surface area (Å²) in [6, 6.07) is 7.37. The molecule has 1 aromatic carbocycles. The van der Waals surface area contributed by atoms with Gasteiger partial charge in [0.05, 0.1) is 29.1 Å². The molecule has 0 unspecified atom stereocenters. The van der Waals surface area contributed by atoms with Crippen LogP contribution in [-0.4, -0.2) is 25.2 Å². The second-order valence-electron chi connectivity index (χ2n) is 6.46. The summed E-state index contributed by atoms with van der Waals surface area (Å²) in [6.07, 6.45) is 5.78. The first-order chi connectivity index (χ1) is 11.6. The zero-order valence-corrected chi connectivity index (χ0v) is 14.6. The number of benzene rings is 1. The van der Waals surface area contributed by atoms with E-state index in [1.807, 2.05) is 6.07 Å². The summed E-state index contributed by atoms with van der Waals surface area (Å²) < 4.78 is 5.81. The van der Waals surface area contributed by atoms with Crippen molar-refractivity contribution in [2.24, 2.45) is 5.92 Å². The average Bonchev–Trinajstić information content (AvgIpc) is 2.60. The third kappa shape index (κ3) is 5.24. The number of anilines is 2. The number of hydrogen-bond donors (Lipinski definition) is 2. The predicted molar refractivity (Wildman–Crippen MR) is 95.9 cm³/mol. The molecule has 0 aliphatic heterocycles. The number of ether oxygens (including phenoxy) is 1. The van der Waals surface area contributed by atoms with Gasteiger partial charge in [-0.1, -0.05) is 26.7 Å². The van der Waals surface area contributed by atoms with Crippen molar-refractivity contribution in [1.29, 1.82) is 5.26 Å². The largest absolute Gasteiger partial charge is 0.383 e. The molecular formula is C19H27N3O2. The van der Waals surface area contributed by atoms with Crippen molar-refractivity contribution in [3.63, 3.8) is 0 Å². The third-order valence-corrected chi connectivity index (χ3v) is 4.45. The van der Waals surface area contributed by atoms with Gasteiger partial charge in [0.25, 0.3) is 0 Å². The molecule has 1 aliphatic rings. The van der Waals surface area contributed by atoms with Crippen molar-refractivity contribution < 1.29 is 9.53 Å². The second kappa shape index (κ2) is 9.29. The molecule has 0 spiro atoms. The maximum Gasteiger partial charge on any atom is 0.250 e. The van der Waals surface area contributed by atoms with Gasteiger partial charge < -0.3 is 15.4 Å². The van der Waals surface area contributed by atoms with Crippen LogP contribution in [0, 0.1) is 17.2 Å². The minimum atomic E-state index is -0.178. The van der Waals surface area contributed by atoms with Gasteiger partial charge >= 0.3 is 0 Å². The van der Waals surface area contributed by atoms with E-state index in [4.69, 9.17) is 10.00 Å². The molecule has 24 heavy (non-hydrogen) atoms. The van der Waals surface area contributed by atoms with E-state index in [9.17, 15) is 4.79 Å². The molecule has 5 heteroatoms. The van der Waals surface area contributed by atoms with Crippen LogP contribution in [0.4, 0.5) is 11.4 Å². The average molecular weight is 329 g/mol. The fraction of sp³-hybridized carbons (Fsp3) is 0.579. The van der Waals surface area contributed by atoms with E-state index in [0.29, 0.717) is 17.2 Å². The summed E-state index contributed by atoms with van der Waals surface area (Å²) >= 11 is 0. The van der Waals surface area contributed by atoms with Crippen LogP contribution in [0.3, 0.4) is 0 Å². The third-order valence-electron chi connectivity index (χ3n) is 4.45. The molecule has 0 heterocycles. The smallest absolute Gasteiger partial charge is 0.250 e. The van der Waals surface area contributed by atoms with Gasteiger partial charge in [0, 0.05) is 6.54 Å². The minimum Gasteiger partial charge on any atom is -0.383 e. The lowest BCUT2D eigenvalue weighted by atomic mass is 9.88. The predicted octanol–water partition coefficient (Wildman–Crippen LogP) is 3.91. The normalized spacial score (nSPS) is 20.2. The highest BCUT2D eigenvalue weighted by Crippen LogP contribution is 2.27. The maximum absolute atomic E-state index is 12.2. The van der Waals surface area contributed by atoms with Crippen molar-refractivity contribution in [2.45, 2.75) is 52.1 Å². The molecule has 2 N–H and O–H groups in total. The highest BCUT2D eigenvalue weighted by molar-refractivity contribution is 5.95. The Morgan fingerprint density at radius 2 is 2.12 bits per heavy atom. The Balaban J connectivity index is 1.95. The number of carbonyl (C=O) groups is 1. The van der Waals surface area contributed by atoms with Gasteiger partial charge in [0.1, 0.15) is 6.61 Å². The van der Waals surface area contributed by atoms with Crippen LogP contribution in [0.2, 0.25) is 0 Å². The topological polar surface area (TPSA) is 74.2 Å². The Morgan fingerprint density at radius 3 is 2.83 bits per heavy atom. The molecule has 1 amide bonds. The van der Waals surface area contributed by atoms with Gasteiger partial charge in [-0.3, -0.25) is 4.79 Å². The molecule has 1 aromatic rings. The summed E-state index contributed by atoms with van der Waals surface area (Å²) in [5, 5.41) is 15.2. The number of amides is 1. The first-order valence-corrected chi connectivity index (χ1v) is 8.83. The zero-order chi connectivity index (χ0) is 17.4. The van der Waals surface area contributed by atoms with Gasteiger partial charge in [0.2, 0.25) is 5.91 Å². The second-order valence-corrected chi connectivity index (χ2v) is 6.46. The van der Waals surface area contributed by atoms with E-state index in [1.165, 1.54) is 19.3 Å². The Kier molecular flexibility index (Phi) is 7.07. The van der Waals surface area contributed by atoms with Crippen LogP contribution in [0.15, 0.2) is 18.2 Å². The fourth-order valence-electron chi connectivity index (χ4n) is 3.03. The molecule has 2 atom stereocenters. The zero-order valence-electron chi connectivity index (χ0n) is 14.6. The first-order valence-electron chi connectivity index (χ1n) is 8.83. The summed E-state index contributed by atoms with van der Waals surface area (Å²) in [6.45, 7) is 5.13. The van der Waals surface area contributed by atoms with Crippen molar-refractivity contribution in [3.05, 3.63) is 23.8 Å². The van der Waals surface area contributed by atoms with E-state index < -0.39 is 0 Å². The molecule has 0 bridgehead atoms. The highest BCUT2D eigenvalue weighted by atomic mass is 16.5. The van der Waals surface area contributed by atoms with Crippen LogP contribution in [-0.2, 0) is 9.53 Å². The quantitative estimate of drug-likeness (QED) is 0.795. The van der Waals surface area contributed by atoms with Gasteiger partial charge in [-0.05, 0) is 43.4 Å². The highest BCUT2D eigenvalue weighted by Gasteiger charge is 2.22. The molecular weight excluding hydrogens is 302 g/mol. The SMILES string of the molecule is CCCNc1ccc(C#N)cc1NC(=O)CO[C@@H]1CCCC[C@@H]1C. The fourth-order valence-corrected chi connectivity index (χ4v) is 3.03. The maximum atomic E-state index is 12.2. The number of nitriles is 1. The van der Waals surface area contributed by atoms with E-state index >= 15 is 0 Å². The summed E-state index contributed by atoms with van der Waals surface area (Å²) in [7, 11) is 0. The summed E-state index contributed by atoms with van der Waals surface area (Å²) in [5.74, 6) is 0.331. The molecule has 1 aliphatic carbocycles. The van der Waals surface area contributed by atoms with Gasteiger partial charge in [-0.2, -0.15) is 5.26 Å². The summed E-state index contributed by atoms with van der Waals surface area (Å²) in [4.78, 5) is 12.2. The van der Waals surface area contributed by atoms with Crippen molar-refractivity contribution in [3.8, 4) is 6.07 Å². The number of hydrogen-bond acceptors (Lipinski definition) is 4. The first kappa shape index (κ1) is 18.3. The molecule has 130 valence electrons. The Morgan fingerprint density at radius 1 is 1.33 bits per heavy atom. The number of nitrogens with one attached hydrogen (secondary N) is 2. The van der Waals surface area contributed by atoms with E-state index in [2.05, 4.69) is 30.6 Å². The minimum absolute atomic E-state index is 0.0546.